The van der Waals surface area contributed by atoms with Crippen LogP contribution >= 0.6 is 0 Å². The second-order valence-electron chi connectivity index (χ2n) is 7.82. The number of pyridine rings is 1. The van der Waals surface area contributed by atoms with E-state index < -0.39 is 5.97 Å². The van der Waals surface area contributed by atoms with Gasteiger partial charge >= 0.3 is 5.97 Å². The quantitative estimate of drug-likeness (QED) is 0.734. The fraction of sp³-hybridized carbons (Fsp3) is 0.364. The number of fused-ring (bicyclic) bond motifs is 2. The molecule has 1 unspecified atom stereocenters. The molecule has 2 aromatic heterocycles. The molecule has 29 heavy (non-hydrogen) atoms. The molecule has 7 nitrogen and oxygen atoms in total. The number of carboxylic acid groups (broad SMARTS) is 1. The average molecular weight is 392 g/mol. The van der Waals surface area contributed by atoms with Crippen LogP contribution in [0.15, 0.2) is 42.6 Å². The molecular formula is C22H24N4O3. The van der Waals surface area contributed by atoms with E-state index in [2.05, 4.69) is 14.8 Å². The van der Waals surface area contributed by atoms with Crippen LogP contribution < -0.4 is 9.64 Å². The topological polar surface area (TPSA) is 70.8 Å². The molecule has 1 aromatic carbocycles. The van der Waals surface area contributed by atoms with Crippen LogP contribution in [0.5, 0.6) is 11.5 Å². The Morgan fingerprint density at radius 2 is 2.10 bits per heavy atom. The Morgan fingerprint density at radius 1 is 1.21 bits per heavy atom. The van der Waals surface area contributed by atoms with E-state index in [-0.39, 0.29) is 5.69 Å². The number of anilines is 1. The van der Waals surface area contributed by atoms with Crippen molar-refractivity contribution in [1.29, 1.82) is 0 Å². The zero-order valence-corrected chi connectivity index (χ0v) is 16.4. The van der Waals surface area contributed by atoms with E-state index in [4.69, 9.17) is 4.74 Å². The van der Waals surface area contributed by atoms with Crippen molar-refractivity contribution >= 4 is 22.7 Å². The number of carboxylic acids is 1. The largest absolute Gasteiger partial charge is 0.477 e. The third-order valence-corrected chi connectivity index (χ3v) is 6.09. The fourth-order valence-electron chi connectivity index (χ4n) is 4.63. The number of benzene rings is 1. The molecule has 150 valence electrons. The van der Waals surface area contributed by atoms with Gasteiger partial charge in [0.1, 0.15) is 17.3 Å². The summed E-state index contributed by atoms with van der Waals surface area (Å²) < 4.78 is 7.85. The maximum absolute atomic E-state index is 11.5. The number of rotatable bonds is 4. The van der Waals surface area contributed by atoms with E-state index in [9.17, 15) is 9.90 Å². The summed E-state index contributed by atoms with van der Waals surface area (Å²) in [5.41, 5.74) is 1.00. The Bertz CT molecular complexity index is 1080. The summed E-state index contributed by atoms with van der Waals surface area (Å²) in [5.74, 6) is 1.32. The number of para-hydroxylation sites is 1. The SMILES string of the molecule is Cn1c(C(=O)O)cc2cccc(Oc3ccnc(N4CCN5CCCC5C4)c3)c21. The summed E-state index contributed by atoms with van der Waals surface area (Å²) in [6.07, 6.45) is 4.32. The minimum Gasteiger partial charge on any atom is -0.477 e. The van der Waals surface area contributed by atoms with Crippen LogP contribution in [0.2, 0.25) is 0 Å². The van der Waals surface area contributed by atoms with Crippen molar-refractivity contribution in [2.45, 2.75) is 18.9 Å². The molecule has 1 atom stereocenters. The highest BCUT2D eigenvalue weighted by molar-refractivity contribution is 5.96. The van der Waals surface area contributed by atoms with Crippen molar-refractivity contribution in [3.05, 3.63) is 48.3 Å². The highest BCUT2D eigenvalue weighted by atomic mass is 16.5. The van der Waals surface area contributed by atoms with Gasteiger partial charge in [-0.15, -0.1) is 0 Å². The Kier molecular flexibility index (Phi) is 4.39. The van der Waals surface area contributed by atoms with Gasteiger partial charge in [0.2, 0.25) is 0 Å². The van der Waals surface area contributed by atoms with Crippen molar-refractivity contribution in [2.75, 3.05) is 31.1 Å². The third-order valence-electron chi connectivity index (χ3n) is 6.09. The van der Waals surface area contributed by atoms with Gasteiger partial charge in [-0.3, -0.25) is 4.90 Å². The summed E-state index contributed by atoms with van der Waals surface area (Å²) >= 11 is 0. The molecule has 1 N–H and O–H groups in total. The molecule has 7 heteroatoms. The number of hydrogen-bond donors (Lipinski definition) is 1. The first-order valence-corrected chi connectivity index (χ1v) is 10.0. The number of aryl methyl sites for hydroxylation is 1. The Morgan fingerprint density at radius 3 is 2.97 bits per heavy atom. The fourth-order valence-corrected chi connectivity index (χ4v) is 4.63. The van der Waals surface area contributed by atoms with E-state index in [0.29, 0.717) is 17.5 Å². The lowest BCUT2D eigenvalue weighted by atomic mass is 10.1. The second kappa shape index (κ2) is 7.08. The summed E-state index contributed by atoms with van der Waals surface area (Å²) in [5, 5.41) is 10.3. The highest BCUT2D eigenvalue weighted by Gasteiger charge is 2.31. The van der Waals surface area contributed by atoms with Gasteiger partial charge in [0.25, 0.3) is 0 Å². The molecule has 0 saturated carbocycles. The maximum Gasteiger partial charge on any atom is 0.352 e. The Hall–Kier alpha value is -3.06. The van der Waals surface area contributed by atoms with Crippen LogP contribution in [-0.4, -0.2) is 57.7 Å². The van der Waals surface area contributed by atoms with Crippen molar-refractivity contribution in [3.63, 3.8) is 0 Å². The van der Waals surface area contributed by atoms with E-state index >= 15 is 0 Å². The van der Waals surface area contributed by atoms with Crippen molar-refractivity contribution in [2.24, 2.45) is 7.05 Å². The van der Waals surface area contributed by atoms with Crippen molar-refractivity contribution in [1.82, 2.24) is 14.5 Å². The van der Waals surface area contributed by atoms with Crippen LogP contribution in [0, 0.1) is 0 Å². The first-order valence-electron chi connectivity index (χ1n) is 10.0. The molecule has 0 amide bonds. The molecule has 0 aliphatic carbocycles. The predicted molar refractivity (Wildman–Crippen MR) is 111 cm³/mol. The molecule has 2 aliphatic rings. The molecule has 4 heterocycles. The highest BCUT2D eigenvalue weighted by Crippen LogP contribution is 2.33. The van der Waals surface area contributed by atoms with E-state index in [1.54, 1.807) is 23.9 Å². The molecule has 0 radical (unpaired) electrons. The zero-order chi connectivity index (χ0) is 20.0. The van der Waals surface area contributed by atoms with Gasteiger partial charge < -0.3 is 19.3 Å². The molecule has 2 fully saturated rings. The molecule has 2 aliphatic heterocycles. The first kappa shape index (κ1) is 18.0. The monoisotopic (exact) mass is 392 g/mol. The van der Waals surface area contributed by atoms with E-state index in [1.165, 1.54) is 19.4 Å². The molecular weight excluding hydrogens is 368 g/mol. The zero-order valence-electron chi connectivity index (χ0n) is 16.4. The lowest BCUT2D eigenvalue weighted by molar-refractivity contribution is 0.0687. The average Bonchev–Trinajstić information content (AvgIpc) is 3.32. The van der Waals surface area contributed by atoms with Crippen LogP contribution in [0.4, 0.5) is 5.82 Å². The molecule has 5 rings (SSSR count). The van der Waals surface area contributed by atoms with Gasteiger partial charge in [0, 0.05) is 50.4 Å². The van der Waals surface area contributed by atoms with Crippen LogP contribution in [0.3, 0.4) is 0 Å². The molecule has 3 aromatic rings. The van der Waals surface area contributed by atoms with Gasteiger partial charge in [-0.2, -0.15) is 0 Å². The molecule has 0 bridgehead atoms. The predicted octanol–water partition coefficient (Wildman–Crippen LogP) is 3.35. The van der Waals surface area contributed by atoms with Gasteiger partial charge in [-0.05, 0) is 37.6 Å². The maximum atomic E-state index is 11.5. The van der Waals surface area contributed by atoms with Crippen LogP contribution in [0.1, 0.15) is 23.3 Å². The summed E-state index contributed by atoms with van der Waals surface area (Å²) in [4.78, 5) is 21.0. The number of carbonyl (C=O) groups is 1. The number of hydrogen-bond acceptors (Lipinski definition) is 5. The third kappa shape index (κ3) is 3.21. The second-order valence-corrected chi connectivity index (χ2v) is 7.82. The Labute approximate surface area is 169 Å². The number of nitrogens with zero attached hydrogens (tertiary/aromatic N) is 4. The number of piperazine rings is 1. The van der Waals surface area contributed by atoms with Gasteiger partial charge in [0.05, 0.1) is 5.52 Å². The van der Waals surface area contributed by atoms with Crippen molar-refractivity contribution in [3.8, 4) is 11.5 Å². The Balaban J connectivity index is 1.43. The number of ether oxygens (including phenoxy) is 1. The standard InChI is InChI=1S/C22H24N4O3/c1-24-18(22(27)28)12-15-4-2-6-19(21(15)24)29-17-7-8-23-20(13-17)26-11-10-25-9-3-5-16(25)14-26/h2,4,6-8,12-13,16H,3,5,9-11,14H2,1H3,(H,27,28). The van der Waals surface area contributed by atoms with Crippen molar-refractivity contribution < 1.29 is 14.6 Å². The van der Waals surface area contributed by atoms with Gasteiger partial charge in [-0.1, -0.05) is 12.1 Å². The first-order chi connectivity index (χ1) is 14.1. The van der Waals surface area contributed by atoms with Crippen LogP contribution in [-0.2, 0) is 7.05 Å². The number of aromatic carboxylic acids is 1. The summed E-state index contributed by atoms with van der Waals surface area (Å²) in [6, 6.07) is 11.8. The minimum atomic E-state index is -0.952. The van der Waals surface area contributed by atoms with Gasteiger partial charge in [0.15, 0.2) is 5.75 Å². The number of aromatic nitrogens is 2. The molecule has 2 saturated heterocycles. The summed E-state index contributed by atoms with van der Waals surface area (Å²) in [6.45, 7) is 4.28. The lowest BCUT2D eigenvalue weighted by Gasteiger charge is -2.38. The summed E-state index contributed by atoms with van der Waals surface area (Å²) in [7, 11) is 1.75. The van der Waals surface area contributed by atoms with Crippen LogP contribution in [0.25, 0.3) is 10.9 Å². The lowest BCUT2D eigenvalue weighted by Crippen LogP contribution is -2.50. The van der Waals surface area contributed by atoms with E-state index in [0.717, 1.165) is 36.4 Å². The normalized spacial score (nSPS) is 19.5. The van der Waals surface area contributed by atoms with Gasteiger partial charge in [-0.25, -0.2) is 9.78 Å². The minimum absolute atomic E-state index is 0.237. The smallest absolute Gasteiger partial charge is 0.352 e. The van der Waals surface area contributed by atoms with E-state index in [1.807, 2.05) is 30.3 Å². The molecule has 0 spiro atoms.